The van der Waals surface area contributed by atoms with Crippen molar-refractivity contribution in [3.8, 4) is 0 Å². The van der Waals surface area contributed by atoms with Gasteiger partial charge in [-0.1, -0.05) is 43.3 Å². The van der Waals surface area contributed by atoms with Gasteiger partial charge in [0.2, 0.25) is 5.91 Å². The van der Waals surface area contributed by atoms with Crippen molar-refractivity contribution in [3.63, 3.8) is 0 Å². The first-order valence-electron chi connectivity index (χ1n) is 6.96. The number of nitrogens with one attached hydrogen (secondary N) is 2. The predicted molar refractivity (Wildman–Crippen MR) is 81.5 cm³/mol. The average Bonchev–Trinajstić information content (AvgIpc) is 2.53. The molecule has 1 amide bonds. The number of hydrogen-bond acceptors (Lipinski definition) is 4. The first-order chi connectivity index (χ1) is 10.2. The highest BCUT2D eigenvalue weighted by atomic mass is 16.5. The molecule has 2 N–H and O–H groups in total. The van der Waals surface area contributed by atoms with Crippen LogP contribution in [0.5, 0.6) is 0 Å². The van der Waals surface area contributed by atoms with Crippen molar-refractivity contribution in [1.29, 1.82) is 0 Å². The number of rotatable bonds is 8. The van der Waals surface area contributed by atoms with Crippen molar-refractivity contribution in [2.45, 2.75) is 19.9 Å². The summed E-state index contributed by atoms with van der Waals surface area (Å²) < 4.78 is 4.65. The minimum Gasteiger partial charge on any atom is -0.466 e. The fourth-order valence-corrected chi connectivity index (χ4v) is 1.74. The number of carbonyl (C=O) groups excluding carboxylic acids is 2. The zero-order valence-corrected chi connectivity index (χ0v) is 12.5. The standard InChI is InChI=1S/C16H22N2O3/c1-3-14(16(20)21-2)9-10-17-12-15(19)18-11-13-7-5-4-6-8-13/h4-9,17H,3,10-12H2,1-2H3,(H,18,19)/b14-9-. The van der Waals surface area contributed by atoms with Gasteiger partial charge in [0.05, 0.1) is 13.7 Å². The lowest BCUT2D eigenvalue weighted by molar-refractivity contribution is -0.136. The molecular formula is C16H22N2O3. The van der Waals surface area contributed by atoms with Crippen LogP contribution >= 0.6 is 0 Å². The van der Waals surface area contributed by atoms with Crippen molar-refractivity contribution in [2.24, 2.45) is 0 Å². The number of carbonyl (C=O) groups is 2. The van der Waals surface area contributed by atoms with E-state index in [1.807, 2.05) is 37.3 Å². The largest absolute Gasteiger partial charge is 0.466 e. The molecule has 0 saturated heterocycles. The highest BCUT2D eigenvalue weighted by molar-refractivity contribution is 5.88. The lowest BCUT2D eigenvalue weighted by atomic mass is 10.2. The third kappa shape index (κ3) is 6.72. The smallest absolute Gasteiger partial charge is 0.333 e. The molecule has 5 heteroatoms. The molecule has 0 radical (unpaired) electrons. The molecule has 1 aromatic carbocycles. The molecule has 114 valence electrons. The van der Waals surface area contributed by atoms with Crippen molar-refractivity contribution >= 4 is 11.9 Å². The number of amides is 1. The van der Waals surface area contributed by atoms with Crippen LogP contribution in [0.4, 0.5) is 0 Å². The summed E-state index contributed by atoms with van der Waals surface area (Å²) in [6.45, 7) is 3.06. The molecule has 21 heavy (non-hydrogen) atoms. The van der Waals surface area contributed by atoms with Gasteiger partial charge in [-0.25, -0.2) is 4.79 Å². The van der Waals surface area contributed by atoms with Gasteiger partial charge in [0.15, 0.2) is 0 Å². The summed E-state index contributed by atoms with van der Waals surface area (Å²) in [4.78, 5) is 23.0. The lowest BCUT2D eigenvalue weighted by Gasteiger charge is -2.06. The number of methoxy groups -OCH3 is 1. The van der Waals surface area contributed by atoms with Crippen LogP contribution in [0.3, 0.4) is 0 Å². The Hall–Kier alpha value is -2.14. The Morgan fingerprint density at radius 1 is 1.24 bits per heavy atom. The molecule has 0 fully saturated rings. The van der Waals surface area contributed by atoms with Crippen LogP contribution in [-0.2, 0) is 20.9 Å². The van der Waals surface area contributed by atoms with E-state index in [1.54, 1.807) is 6.08 Å². The normalized spacial score (nSPS) is 11.0. The fourth-order valence-electron chi connectivity index (χ4n) is 1.74. The quantitative estimate of drug-likeness (QED) is 0.431. The second kappa shape index (κ2) is 9.72. The summed E-state index contributed by atoms with van der Waals surface area (Å²) in [5, 5.41) is 5.79. The van der Waals surface area contributed by atoms with E-state index in [0.29, 0.717) is 25.1 Å². The van der Waals surface area contributed by atoms with Gasteiger partial charge >= 0.3 is 5.97 Å². The second-order valence-corrected chi connectivity index (χ2v) is 4.47. The van der Waals surface area contributed by atoms with Crippen molar-refractivity contribution < 1.29 is 14.3 Å². The predicted octanol–water partition coefficient (Wildman–Crippen LogP) is 1.40. The van der Waals surface area contributed by atoms with Gasteiger partial charge in [0.1, 0.15) is 0 Å². The van der Waals surface area contributed by atoms with Crippen LogP contribution in [0, 0.1) is 0 Å². The molecule has 1 aromatic rings. The summed E-state index contributed by atoms with van der Waals surface area (Å²) in [5.41, 5.74) is 1.67. The van der Waals surface area contributed by atoms with Gasteiger partial charge in [-0.3, -0.25) is 4.79 Å². The maximum absolute atomic E-state index is 11.6. The molecule has 0 aromatic heterocycles. The number of benzene rings is 1. The molecular weight excluding hydrogens is 268 g/mol. The van der Waals surface area contributed by atoms with E-state index in [-0.39, 0.29) is 18.4 Å². The molecule has 5 nitrogen and oxygen atoms in total. The summed E-state index contributed by atoms with van der Waals surface area (Å²) >= 11 is 0. The summed E-state index contributed by atoms with van der Waals surface area (Å²) in [6, 6.07) is 9.72. The summed E-state index contributed by atoms with van der Waals surface area (Å²) in [6.07, 6.45) is 2.35. The topological polar surface area (TPSA) is 67.4 Å². The Morgan fingerprint density at radius 2 is 1.95 bits per heavy atom. The molecule has 0 heterocycles. The molecule has 0 aliphatic carbocycles. The first-order valence-corrected chi connectivity index (χ1v) is 6.96. The SMILES string of the molecule is CC/C(=C/CNCC(=O)NCc1ccccc1)C(=O)OC. The fraction of sp³-hybridized carbons (Fsp3) is 0.375. The number of hydrogen-bond donors (Lipinski definition) is 2. The van der Waals surface area contributed by atoms with E-state index in [9.17, 15) is 9.59 Å². The summed E-state index contributed by atoms with van der Waals surface area (Å²) in [5.74, 6) is -0.406. The zero-order chi connectivity index (χ0) is 15.5. The Bertz CT molecular complexity index is 484. The van der Waals surface area contributed by atoms with E-state index in [0.717, 1.165) is 5.56 Å². The molecule has 0 bridgehead atoms. The van der Waals surface area contributed by atoms with Crippen molar-refractivity contribution in [2.75, 3.05) is 20.2 Å². The molecule has 0 unspecified atom stereocenters. The lowest BCUT2D eigenvalue weighted by Crippen LogP contribution is -2.33. The average molecular weight is 290 g/mol. The maximum Gasteiger partial charge on any atom is 0.333 e. The third-order valence-corrected chi connectivity index (χ3v) is 2.94. The molecule has 1 rings (SSSR count). The van der Waals surface area contributed by atoms with E-state index >= 15 is 0 Å². The molecule has 0 aliphatic heterocycles. The van der Waals surface area contributed by atoms with Crippen LogP contribution in [-0.4, -0.2) is 32.1 Å². The van der Waals surface area contributed by atoms with Gasteiger partial charge in [-0.15, -0.1) is 0 Å². The monoisotopic (exact) mass is 290 g/mol. The zero-order valence-electron chi connectivity index (χ0n) is 12.5. The molecule has 0 spiro atoms. The maximum atomic E-state index is 11.6. The van der Waals surface area contributed by atoms with Gasteiger partial charge in [-0.2, -0.15) is 0 Å². The Morgan fingerprint density at radius 3 is 2.57 bits per heavy atom. The van der Waals surface area contributed by atoms with Crippen LogP contribution in [0.1, 0.15) is 18.9 Å². The highest BCUT2D eigenvalue weighted by Crippen LogP contribution is 2.01. The van der Waals surface area contributed by atoms with Gasteiger partial charge in [0.25, 0.3) is 0 Å². The first kappa shape index (κ1) is 16.9. The second-order valence-electron chi connectivity index (χ2n) is 4.47. The van der Waals surface area contributed by atoms with Gasteiger partial charge in [0, 0.05) is 18.7 Å². The number of esters is 1. The third-order valence-electron chi connectivity index (χ3n) is 2.94. The Balaban J connectivity index is 2.24. The minimum absolute atomic E-state index is 0.0802. The van der Waals surface area contributed by atoms with Crippen LogP contribution in [0.25, 0.3) is 0 Å². The van der Waals surface area contributed by atoms with E-state index in [1.165, 1.54) is 7.11 Å². The van der Waals surface area contributed by atoms with E-state index in [2.05, 4.69) is 15.4 Å². The van der Waals surface area contributed by atoms with Crippen molar-refractivity contribution in [1.82, 2.24) is 10.6 Å². The molecule has 0 aliphatic rings. The highest BCUT2D eigenvalue weighted by Gasteiger charge is 2.06. The van der Waals surface area contributed by atoms with E-state index in [4.69, 9.17) is 0 Å². The van der Waals surface area contributed by atoms with Crippen LogP contribution in [0.15, 0.2) is 42.0 Å². The Labute approximate surface area is 125 Å². The van der Waals surface area contributed by atoms with Gasteiger partial charge < -0.3 is 15.4 Å². The van der Waals surface area contributed by atoms with Crippen molar-refractivity contribution in [3.05, 3.63) is 47.5 Å². The number of ether oxygens (including phenoxy) is 1. The van der Waals surface area contributed by atoms with Gasteiger partial charge in [-0.05, 0) is 12.0 Å². The molecule has 0 saturated carbocycles. The minimum atomic E-state index is -0.326. The summed E-state index contributed by atoms with van der Waals surface area (Å²) in [7, 11) is 1.36. The Kier molecular flexibility index (Phi) is 7.82. The van der Waals surface area contributed by atoms with Crippen LogP contribution in [0.2, 0.25) is 0 Å². The molecule has 0 atom stereocenters. The van der Waals surface area contributed by atoms with Crippen LogP contribution < -0.4 is 10.6 Å². The van der Waals surface area contributed by atoms with E-state index < -0.39 is 0 Å².